The van der Waals surface area contributed by atoms with E-state index < -0.39 is 0 Å². The maximum atomic E-state index is 13.3. The van der Waals surface area contributed by atoms with E-state index >= 15 is 0 Å². The lowest BCUT2D eigenvalue weighted by molar-refractivity contribution is 0.404. The Kier molecular flexibility index (Phi) is 5.87. The first-order valence-corrected chi connectivity index (χ1v) is 9.77. The molecular weight excluding hydrogens is 411 g/mol. The molecule has 0 N–H and O–H groups in total. The summed E-state index contributed by atoms with van der Waals surface area (Å²) >= 11 is 1.57. The topological polar surface area (TPSA) is 35.8 Å². The molecule has 0 aliphatic rings. The molecule has 29 heavy (non-hydrogen) atoms. The van der Waals surface area contributed by atoms with Crippen molar-refractivity contribution in [2.45, 2.75) is 19.3 Å². The molecule has 4 aromatic rings. The van der Waals surface area contributed by atoms with Gasteiger partial charge in [-0.3, -0.25) is 4.40 Å². The molecule has 152 valence electrons. The third-order valence-corrected chi connectivity index (χ3v) is 5.94. The van der Waals surface area contributed by atoms with Crippen molar-refractivity contribution >= 4 is 28.7 Å². The van der Waals surface area contributed by atoms with Crippen LogP contribution in [0.1, 0.15) is 25.1 Å². The number of rotatable bonds is 5. The highest BCUT2D eigenvalue weighted by Crippen LogP contribution is 2.38. The summed E-state index contributed by atoms with van der Waals surface area (Å²) < 4.78 is 26.3. The number of methoxy groups -OCH3 is 2. The fraction of sp³-hybridized carbons (Fsp3) is 0.227. The van der Waals surface area contributed by atoms with Crippen LogP contribution in [0.3, 0.4) is 0 Å². The van der Waals surface area contributed by atoms with Gasteiger partial charge in [-0.1, -0.05) is 26.0 Å². The number of imidazole rings is 1. The summed E-state index contributed by atoms with van der Waals surface area (Å²) in [5.74, 6) is 1.30. The molecule has 0 atom stereocenters. The number of halogens is 2. The molecule has 0 radical (unpaired) electrons. The molecule has 0 spiro atoms. The smallest absolute Gasteiger partial charge is 0.194 e. The van der Waals surface area contributed by atoms with Gasteiger partial charge in [0, 0.05) is 22.6 Å². The summed E-state index contributed by atoms with van der Waals surface area (Å²) in [5.41, 5.74) is 3.52. The second kappa shape index (κ2) is 8.05. The molecular formula is C22H22ClFN2O2S. The van der Waals surface area contributed by atoms with E-state index in [0.29, 0.717) is 0 Å². The summed E-state index contributed by atoms with van der Waals surface area (Å²) in [5, 5.41) is 2.06. The Hall–Kier alpha value is -2.57. The Balaban J connectivity index is 0.00000240. The van der Waals surface area contributed by atoms with Crippen molar-refractivity contribution in [1.29, 1.82) is 0 Å². The minimum atomic E-state index is -0.352. The minimum absolute atomic E-state index is 0. The van der Waals surface area contributed by atoms with Gasteiger partial charge in [-0.25, -0.2) is 9.37 Å². The zero-order valence-corrected chi connectivity index (χ0v) is 18.2. The number of ether oxygens (including phenoxy) is 2. The van der Waals surface area contributed by atoms with Crippen LogP contribution < -0.4 is 9.47 Å². The molecule has 7 heteroatoms. The predicted molar refractivity (Wildman–Crippen MR) is 117 cm³/mol. The van der Waals surface area contributed by atoms with Crippen LogP contribution in [0.5, 0.6) is 11.5 Å². The number of fused-ring (bicyclic) bond motifs is 1. The van der Waals surface area contributed by atoms with Crippen LogP contribution in [0.4, 0.5) is 4.39 Å². The molecule has 0 aliphatic heterocycles. The molecule has 2 heterocycles. The molecule has 0 fully saturated rings. The van der Waals surface area contributed by atoms with Crippen LogP contribution in [0, 0.1) is 5.82 Å². The van der Waals surface area contributed by atoms with Gasteiger partial charge in [0.25, 0.3) is 0 Å². The molecule has 0 unspecified atom stereocenters. The van der Waals surface area contributed by atoms with Gasteiger partial charge in [-0.15, -0.1) is 23.7 Å². The zero-order valence-electron chi connectivity index (χ0n) is 16.6. The third-order valence-electron chi connectivity index (χ3n) is 5.10. The van der Waals surface area contributed by atoms with Gasteiger partial charge in [0.05, 0.1) is 25.6 Å². The molecule has 0 bridgehead atoms. The first-order chi connectivity index (χ1) is 13.4. The Labute approximate surface area is 179 Å². The summed E-state index contributed by atoms with van der Waals surface area (Å²) in [6.45, 7) is 4.19. The summed E-state index contributed by atoms with van der Waals surface area (Å²) in [4.78, 5) is 5.74. The maximum Gasteiger partial charge on any atom is 0.194 e. The van der Waals surface area contributed by atoms with E-state index in [1.807, 2.05) is 36.5 Å². The van der Waals surface area contributed by atoms with E-state index in [1.54, 1.807) is 25.6 Å². The monoisotopic (exact) mass is 432 g/mol. The van der Waals surface area contributed by atoms with Crippen molar-refractivity contribution in [3.05, 3.63) is 71.1 Å². The highest BCUT2D eigenvalue weighted by Gasteiger charge is 2.27. The van der Waals surface area contributed by atoms with E-state index in [-0.39, 0.29) is 23.6 Å². The fourth-order valence-electron chi connectivity index (χ4n) is 3.31. The fourth-order valence-corrected chi connectivity index (χ4v) is 4.18. The van der Waals surface area contributed by atoms with E-state index in [4.69, 9.17) is 14.5 Å². The van der Waals surface area contributed by atoms with Crippen molar-refractivity contribution < 1.29 is 13.9 Å². The molecule has 0 saturated heterocycles. The van der Waals surface area contributed by atoms with Gasteiger partial charge in [0.2, 0.25) is 0 Å². The van der Waals surface area contributed by atoms with E-state index in [9.17, 15) is 4.39 Å². The van der Waals surface area contributed by atoms with Crippen LogP contribution in [0.15, 0.2) is 54.0 Å². The van der Waals surface area contributed by atoms with E-state index in [0.717, 1.165) is 39.0 Å². The van der Waals surface area contributed by atoms with Gasteiger partial charge >= 0.3 is 0 Å². The Morgan fingerprint density at radius 3 is 2.41 bits per heavy atom. The number of aromatic nitrogens is 2. The maximum absolute atomic E-state index is 13.3. The Morgan fingerprint density at radius 1 is 1.03 bits per heavy atom. The minimum Gasteiger partial charge on any atom is -0.497 e. The summed E-state index contributed by atoms with van der Waals surface area (Å²) in [6.07, 6.45) is 2.05. The normalized spacial score (nSPS) is 11.3. The highest BCUT2D eigenvalue weighted by molar-refractivity contribution is 7.15. The average Bonchev–Trinajstić information content (AvgIpc) is 3.29. The standard InChI is InChI=1S/C22H21FN2O2S.ClH/c1-22(2,14-5-7-15(23)8-6-14)20-12-25-18(13-28-21(25)24-20)17-11-16(26-3)9-10-19(17)27-4;/h5-13H,1-4H3;1H. The SMILES string of the molecule is COc1ccc(OC)c(-c2csc3nc(C(C)(C)c4ccc(F)cc4)cn23)c1.Cl. The third kappa shape index (κ3) is 3.70. The van der Waals surface area contributed by atoms with Crippen LogP contribution >= 0.6 is 23.7 Å². The first-order valence-electron chi connectivity index (χ1n) is 8.89. The van der Waals surface area contributed by atoms with Crippen molar-refractivity contribution in [1.82, 2.24) is 9.38 Å². The quantitative estimate of drug-likeness (QED) is 0.390. The molecule has 0 saturated carbocycles. The number of thiazole rings is 1. The molecule has 4 rings (SSSR count). The molecule has 4 nitrogen and oxygen atoms in total. The zero-order chi connectivity index (χ0) is 19.9. The summed E-state index contributed by atoms with van der Waals surface area (Å²) in [6, 6.07) is 12.3. The van der Waals surface area contributed by atoms with Gasteiger partial charge in [0.1, 0.15) is 17.3 Å². The van der Waals surface area contributed by atoms with Crippen molar-refractivity contribution in [2.24, 2.45) is 0 Å². The number of hydrogen-bond acceptors (Lipinski definition) is 4. The number of hydrogen-bond donors (Lipinski definition) is 0. The Bertz CT molecular complexity index is 1140. The van der Waals surface area contributed by atoms with Gasteiger partial charge in [-0.2, -0.15) is 0 Å². The van der Waals surface area contributed by atoms with Crippen LogP contribution in [-0.2, 0) is 5.41 Å². The number of nitrogens with zero attached hydrogens (tertiary/aromatic N) is 2. The second-order valence-corrected chi connectivity index (χ2v) is 7.93. The predicted octanol–water partition coefficient (Wildman–Crippen LogP) is 5.97. The molecule has 0 amide bonds. The Morgan fingerprint density at radius 2 is 1.76 bits per heavy atom. The van der Waals surface area contributed by atoms with Crippen LogP contribution in [-0.4, -0.2) is 23.6 Å². The van der Waals surface area contributed by atoms with Gasteiger partial charge < -0.3 is 9.47 Å². The second-order valence-electron chi connectivity index (χ2n) is 7.10. The van der Waals surface area contributed by atoms with Crippen molar-refractivity contribution in [3.8, 4) is 22.8 Å². The number of benzene rings is 2. The van der Waals surface area contributed by atoms with Gasteiger partial charge in [-0.05, 0) is 35.9 Å². The molecule has 2 aromatic carbocycles. The average molecular weight is 433 g/mol. The van der Waals surface area contributed by atoms with Crippen molar-refractivity contribution in [3.63, 3.8) is 0 Å². The first kappa shape index (κ1) is 21.1. The highest BCUT2D eigenvalue weighted by atomic mass is 35.5. The van der Waals surface area contributed by atoms with E-state index in [2.05, 4.69) is 23.6 Å². The van der Waals surface area contributed by atoms with E-state index in [1.165, 1.54) is 12.1 Å². The van der Waals surface area contributed by atoms with Crippen molar-refractivity contribution in [2.75, 3.05) is 14.2 Å². The van der Waals surface area contributed by atoms with Crippen LogP contribution in [0.2, 0.25) is 0 Å². The largest absolute Gasteiger partial charge is 0.497 e. The summed E-state index contributed by atoms with van der Waals surface area (Å²) in [7, 11) is 3.31. The molecule has 2 aromatic heterocycles. The lowest BCUT2D eigenvalue weighted by Gasteiger charge is -2.23. The lowest BCUT2D eigenvalue weighted by atomic mass is 9.82. The van der Waals surface area contributed by atoms with Crippen LogP contribution in [0.25, 0.3) is 16.2 Å². The van der Waals surface area contributed by atoms with Gasteiger partial charge in [0.15, 0.2) is 4.96 Å². The molecule has 0 aliphatic carbocycles. The lowest BCUT2D eigenvalue weighted by Crippen LogP contribution is -2.19.